The molecule has 1 aliphatic rings. The number of benzene rings is 4. The summed E-state index contributed by atoms with van der Waals surface area (Å²) in [7, 11) is 0. The Morgan fingerprint density at radius 2 is 1.23 bits per heavy atom. The van der Waals surface area contributed by atoms with Gasteiger partial charge in [0, 0.05) is 34.2 Å². The zero-order valence-corrected chi connectivity index (χ0v) is 20.4. The van der Waals surface area contributed by atoms with E-state index >= 15 is 0 Å². The molecule has 0 bridgehead atoms. The van der Waals surface area contributed by atoms with E-state index in [1.54, 1.807) is 0 Å². The number of hydrogen-bond acceptors (Lipinski definition) is 2. The Labute approximate surface area is 207 Å². The summed E-state index contributed by atoms with van der Waals surface area (Å²) in [6.07, 6.45) is 1.84. The van der Waals surface area contributed by atoms with E-state index in [-0.39, 0.29) is 5.41 Å². The molecule has 0 atom stereocenters. The van der Waals surface area contributed by atoms with Crippen LogP contribution in [0.25, 0.3) is 22.4 Å². The van der Waals surface area contributed by atoms with Crippen molar-refractivity contribution in [2.75, 3.05) is 4.90 Å². The smallest absolute Gasteiger partial charge is 0.0701 e. The third-order valence-electron chi connectivity index (χ3n) is 7.20. The molecule has 0 aliphatic heterocycles. The van der Waals surface area contributed by atoms with Crippen molar-refractivity contribution in [1.29, 1.82) is 0 Å². The highest BCUT2D eigenvalue weighted by atomic mass is 15.1. The number of pyridine rings is 1. The van der Waals surface area contributed by atoms with E-state index in [0.29, 0.717) is 0 Å². The summed E-state index contributed by atoms with van der Waals surface area (Å²) in [5.41, 5.74) is 12.2. The molecule has 170 valence electrons. The third-order valence-corrected chi connectivity index (χ3v) is 7.20. The Hall–Kier alpha value is -4.17. The molecule has 35 heavy (non-hydrogen) atoms. The molecule has 0 saturated heterocycles. The molecule has 0 radical (unpaired) electrons. The fourth-order valence-corrected chi connectivity index (χ4v) is 5.29. The van der Waals surface area contributed by atoms with Gasteiger partial charge in [0.2, 0.25) is 0 Å². The summed E-state index contributed by atoms with van der Waals surface area (Å²) >= 11 is 0. The van der Waals surface area contributed by atoms with Gasteiger partial charge in [-0.3, -0.25) is 4.98 Å². The van der Waals surface area contributed by atoms with Crippen molar-refractivity contribution in [2.45, 2.75) is 26.2 Å². The first kappa shape index (κ1) is 21.4. The summed E-state index contributed by atoms with van der Waals surface area (Å²) in [5.74, 6) is 0. The van der Waals surface area contributed by atoms with Crippen molar-refractivity contribution in [3.8, 4) is 22.4 Å². The van der Waals surface area contributed by atoms with Crippen LogP contribution in [0.15, 0.2) is 115 Å². The van der Waals surface area contributed by atoms with Crippen LogP contribution >= 0.6 is 0 Å². The van der Waals surface area contributed by atoms with Gasteiger partial charge in [-0.15, -0.1) is 0 Å². The van der Waals surface area contributed by atoms with Gasteiger partial charge in [-0.2, -0.15) is 0 Å². The van der Waals surface area contributed by atoms with Crippen LogP contribution in [0.2, 0.25) is 0 Å². The van der Waals surface area contributed by atoms with E-state index in [1.165, 1.54) is 33.5 Å². The third kappa shape index (κ3) is 3.63. The van der Waals surface area contributed by atoms with Crippen LogP contribution in [0.1, 0.15) is 30.5 Å². The second-order valence-corrected chi connectivity index (χ2v) is 9.83. The van der Waals surface area contributed by atoms with Crippen LogP contribution in [0, 0.1) is 6.92 Å². The van der Waals surface area contributed by atoms with Crippen LogP contribution in [0.3, 0.4) is 0 Å². The molecule has 4 aromatic carbocycles. The van der Waals surface area contributed by atoms with Crippen LogP contribution < -0.4 is 4.90 Å². The van der Waals surface area contributed by atoms with Crippen LogP contribution in [0.4, 0.5) is 17.1 Å². The Morgan fingerprint density at radius 1 is 0.600 bits per heavy atom. The lowest BCUT2D eigenvalue weighted by molar-refractivity contribution is 0.660. The van der Waals surface area contributed by atoms with Crippen molar-refractivity contribution >= 4 is 17.1 Å². The molecule has 0 spiro atoms. The molecule has 1 heterocycles. The van der Waals surface area contributed by atoms with Gasteiger partial charge >= 0.3 is 0 Å². The van der Waals surface area contributed by atoms with Gasteiger partial charge in [0.25, 0.3) is 0 Å². The van der Waals surface area contributed by atoms with Gasteiger partial charge < -0.3 is 4.90 Å². The molecule has 2 nitrogen and oxygen atoms in total. The van der Waals surface area contributed by atoms with Crippen LogP contribution in [-0.4, -0.2) is 4.98 Å². The highest BCUT2D eigenvalue weighted by Crippen LogP contribution is 2.50. The molecule has 0 fully saturated rings. The minimum absolute atomic E-state index is 0.0380. The SMILES string of the molecule is Cc1ccc(N(c2ccc(-c3ccccn3)cc2)c2ccc3c(c2)C(C)(C)c2ccccc2-3)cc1. The number of anilines is 3. The second-order valence-electron chi connectivity index (χ2n) is 9.83. The second kappa shape index (κ2) is 8.25. The molecular weight excluding hydrogens is 424 g/mol. The first-order chi connectivity index (χ1) is 17.0. The number of nitrogens with zero attached hydrogens (tertiary/aromatic N) is 2. The normalized spacial score (nSPS) is 13.2. The first-order valence-electron chi connectivity index (χ1n) is 12.1. The quantitative estimate of drug-likeness (QED) is 0.271. The summed E-state index contributed by atoms with van der Waals surface area (Å²) in [6, 6.07) is 39.2. The number of aryl methyl sites for hydroxylation is 1. The highest BCUT2D eigenvalue weighted by Gasteiger charge is 2.35. The van der Waals surface area contributed by atoms with Gasteiger partial charge in [-0.05, 0) is 77.7 Å². The zero-order valence-electron chi connectivity index (χ0n) is 20.4. The highest BCUT2D eigenvalue weighted by molar-refractivity contribution is 5.85. The number of rotatable bonds is 4. The van der Waals surface area contributed by atoms with Gasteiger partial charge in [-0.25, -0.2) is 0 Å². The molecule has 6 rings (SSSR count). The molecule has 0 unspecified atom stereocenters. The zero-order chi connectivity index (χ0) is 24.0. The standard InChI is InChI=1S/C33H28N2/c1-23-11-15-25(16-12-23)35(26-17-13-24(14-18-26)32-10-6-7-21-34-32)27-19-20-29-28-8-4-5-9-30(28)33(2,3)31(29)22-27/h4-22H,1-3H3. The predicted octanol–water partition coefficient (Wildman–Crippen LogP) is 8.83. The van der Waals surface area contributed by atoms with E-state index in [9.17, 15) is 0 Å². The van der Waals surface area contributed by atoms with Gasteiger partial charge in [-0.1, -0.05) is 80.1 Å². The number of hydrogen-bond donors (Lipinski definition) is 0. The Bertz CT molecular complexity index is 1500. The maximum Gasteiger partial charge on any atom is 0.0701 e. The van der Waals surface area contributed by atoms with Crippen molar-refractivity contribution in [1.82, 2.24) is 4.98 Å². The fraction of sp³-hybridized carbons (Fsp3) is 0.121. The lowest BCUT2D eigenvalue weighted by Crippen LogP contribution is -2.16. The van der Waals surface area contributed by atoms with Crippen molar-refractivity contribution < 1.29 is 0 Å². The lowest BCUT2D eigenvalue weighted by atomic mass is 9.82. The van der Waals surface area contributed by atoms with E-state index in [0.717, 1.165) is 22.6 Å². The fourth-order valence-electron chi connectivity index (χ4n) is 5.29. The lowest BCUT2D eigenvalue weighted by Gasteiger charge is -2.28. The number of fused-ring (bicyclic) bond motifs is 3. The van der Waals surface area contributed by atoms with Crippen LogP contribution in [0.5, 0.6) is 0 Å². The summed E-state index contributed by atoms with van der Waals surface area (Å²) in [5, 5.41) is 0. The Kier molecular flexibility index (Phi) is 5.04. The monoisotopic (exact) mass is 452 g/mol. The molecule has 1 aromatic heterocycles. The summed E-state index contributed by atoms with van der Waals surface area (Å²) in [4.78, 5) is 6.86. The Balaban J connectivity index is 1.47. The predicted molar refractivity (Wildman–Crippen MR) is 147 cm³/mol. The minimum Gasteiger partial charge on any atom is -0.310 e. The Morgan fingerprint density at radius 3 is 1.94 bits per heavy atom. The largest absolute Gasteiger partial charge is 0.310 e. The molecule has 0 amide bonds. The average molecular weight is 453 g/mol. The van der Waals surface area contributed by atoms with Crippen molar-refractivity contribution in [3.63, 3.8) is 0 Å². The van der Waals surface area contributed by atoms with Crippen LogP contribution in [-0.2, 0) is 5.41 Å². The minimum atomic E-state index is -0.0380. The van der Waals surface area contributed by atoms with E-state index in [2.05, 4.69) is 122 Å². The topological polar surface area (TPSA) is 16.1 Å². The van der Waals surface area contributed by atoms with Crippen molar-refractivity contribution in [3.05, 3.63) is 132 Å². The van der Waals surface area contributed by atoms with Crippen molar-refractivity contribution in [2.24, 2.45) is 0 Å². The molecular formula is C33H28N2. The molecule has 5 aromatic rings. The summed E-state index contributed by atoms with van der Waals surface area (Å²) < 4.78 is 0. The first-order valence-corrected chi connectivity index (χ1v) is 12.1. The van der Waals surface area contributed by atoms with E-state index in [4.69, 9.17) is 0 Å². The average Bonchev–Trinajstić information content (AvgIpc) is 3.13. The molecule has 1 aliphatic carbocycles. The number of aromatic nitrogens is 1. The van der Waals surface area contributed by atoms with Gasteiger partial charge in [0.15, 0.2) is 0 Å². The maximum absolute atomic E-state index is 4.51. The maximum atomic E-state index is 4.51. The molecule has 2 heteroatoms. The van der Waals surface area contributed by atoms with Gasteiger partial charge in [0.05, 0.1) is 5.69 Å². The molecule has 0 N–H and O–H groups in total. The van der Waals surface area contributed by atoms with Gasteiger partial charge in [0.1, 0.15) is 0 Å². The van der Waals surface area contributed by atoms with E-state index < -0.39 is 0 Å². The van der Waals surface area contributed by atoms with E-state index in [1.807, 2.05) is 24.4 Å². The molecule has 0 saturated carbocycles. The summed E-state index contributed by atoms with van der Waals surface area (Å²) in [6.45, 7) is 6.80.